The van der Waals surface area contributed by atoms with Gasteiger partial charge in [-0.15, -0.1) is 0 Å². The van der Waals surface area contributed by atoms with Crippen LogP contribution in [0.5, 0.6) is 5.75 Å². The highest BCUT2D eigenvalue weighted by Gasteiger charge is 2.41. The Hall–Kier alpha value is -3.09. The third kappa shape index (κ3) is 7.21. The molecule has 0 aliphatic heterocycles. The highest BCUT2D eigenvalue weighted by molar-refractivity contribution is 7.57. The third-order valence-corrected chi connectivity index (χ3v) is 7.11. The smallest absolute Gasteiger partial charge is 0.342 e. The molecule has 3 aromatic rings. The first-order chi connectivity index (χ1) is 17.2. The first-order valence-electron chi connectivity index (χ1n) is 11.2. The number of carboxylic acid groups (broad SMARTS) is 1. The number of para-hydroxylation sites is 1. The van der Waals surface area contributed by atoms with Crippen LogP contribution < -0.4 is 15.3 Å². The molecule has 0 aliphatic carbocycles. The van der Waals surface area contributed by atoms with E-state index in [2.05, 4.69) is 20.0 Å². The second-order valence-electron chi connectivity index (χ2n) is 8.35. The Labute approximate surface area is 208 Å². The monoisotopic (exact) mass is 522 g/mol. The van der Waals surface area contributed by atoms with E-state index in [0.29, 0.717) is 23.5 Å². The number of rotatable bonds is 15. The van der Waals surface area contributed by atoms with Crippen molar-refractivity contribution in [2.24, 2.45) is 0 Å². The molecule has 3 rings (SSSR count). The van der Waals surface area contributed by atoms with Crippen molar-refractivity contribution in [1.29, 1.82) is 0 Å². The molecule has 0 bridgehead atoms. The van der Waals surface area contributed by atoms with Gasteiger partial charge in [0.2, 0.25) is 0 Å². The van der Waals surface area contributed by atoms with Gasteiger partial charge in [0, 0.05) is 6.61 Å². The van der Waals surface area contributed by atoms with Crippen LogP contribution in [-0.4, -0.2) is 73.5 Å². The van der Waals surface area contributed by atoms with E-state index in [9.17, 15) is 14.5 Å². The van der Waals surface area contributed by atoms with Crippen molar-refractivity contribution >= 4 is 30.5 Å². The van der Waals surface area contributed by atoms with E-state index in [1.165, 1.54) is 13.3 Å². The summed E-state index contributed by atoms with van der Waals surface area (Å²) in [4.78, 5) is 24.4. The molecule has 3 atom stereocenters. The number of imidazole rings is 1. The van der Waals surface area contributed by atoms with Crippen molar-refractivity contribution in [3.63, 3.8) is 0 Å². The number of benzene rings is 1. The maximum atomic E-state index is 13.9. The van der Waals surface area contributed by atoms with E-state index in [-0.39, 0.29) is 32.1 Å². The zero-order valence-corrected chi connectivity index (χ0v) is 21.0. The minimum atomic E-state index is -3.90. The van der Waals surface area contributed by atoms with Gasteiger partial charge < -0.3 is 34.5 Å². The Morgan fingerprint density at radius 1 is 1.25 bits per heavy atom. The van der Waals surface area contributed by atoms with Gasteiger partial charge in [-0.2, -0.15) is 0 Å². The number of hydrogen-bond acceptors (Lipinski definition) is 10. The van der Waals surface area contributed by atoms with Crippen LogP contribution in [0, 0.1) is 0 Å². The van der Waals surface area contributed by atoms with Gasteiger partial charge in [-0.05, 0) is 32.4 Å². The molecule has 0 saturated heterocycles. The van der Waals surface area contributed by atoms with Crippen LogP contribution in [0.1, 0.15) is 20.3 Å². The molecular formula is C22H31N6O7P. The summed E-state index contributed by atoms with van der Waals surface area (Å²) in [6, 6.07) is 8.42. The molecule has 13 nitrogen and oxygen atoms in total. The van der Waals surface area contributed by atoms with Crippen molar-refractivity contribution in [2.75, 3.05) is 31.9 Å². The molecule has 0 saturated carbocycles. The van der Waals surface area contributed by atoms with Crippen LogP contribution in [-0.2, 0) is 25.4 Å². The Balaban J connectivity index is 1.74. The maximum Gasteiger partial charge on any atom is 0.342 e. The second-order valence-corrected chi connectivity index (χ2v) is 10.4. The molecule has 2 unspecified atom stereocenters. The van der Waals surface area contributed by atoms with Gasteiger partial charge in [0.15, 0.2) is 11.5 Å². The highest BCUT2D eigenvalue weighted by atomic mass is 31.2. The number of nitrogens with two attached hydrogens (primary N) is 1. The fourth-order valence-corrected chi connectivity index (χ4v) is 5.39. The Morgan fingerprint density at radius 2 is 2.00 bits per heavy atom. The summed E-state index contributed by atoms with van der Waals surface area (Å²) in [6.45, 7) is 3.37. The van der Waals surface area contributed by atoms with Gasteiger partial charge in [-0.3, -0.25) is 9.36 Å². The lowest BCUT2D eigenvalue weighted by Gasteiger charge is -2.32. The number of carbonyl (C=O) groups is 1. The number of anilines is 1. The molecule has 14 heteroatoms. The van der Waals surface area contributed by atoms with E-state index >= 15 is 0 Å². The van der Waals surface area contributed by atoms with E-state index in [4.69, 9.17) is 24.8 Å². The van der Waals surface area contributed by atoms with Crippen molar-refractivity contribution in [1.82, 2.24) is 24.6 Å². The fourth-order valence-electron chi connectivity index (χ4n) is 3.35. The van der Waals surface area contributed by atoms with Gasteiger partial charge in [0.25, 0.3) is 0 Å². The molecule has 196 valence electrons. The van der Waals surface area contributed by atoms with Gasteiger partial charge in [0.1, 0.15) is 29.5 Å². The lowest BCUT2D eigenvalue weighted by atomic mass is 10.0. The molecule has 0 aliphatic rings. The highest BCUT2D eigenvalue weighted by Crippen LogP contribution is 2.46. The average Bonchev–Trinajstić information content (AvgIpc) is 3.25. The number of aromatic nitrogens is 4. The number of nitrogens with one attached hydrogen (secondary N) is 1. The average molecular weight is 522 g/mol. The molecule has 0 amide bonds. The van der Waals surface area contributed by atoms with Gasteiger partial charge in [0.05, 0.1) is 32.2 Å². The molecule has 2 aromatic heterocycles. The standard InChI is InChI=1S/C22H31N6O7P/c1-16(12-28-14-26-18-19(23)24-13-25-20(18)28)34-15-36(32,35-17-6-4-3-5-7-17)27-22(2,21(30)31)8-10-33-11-9-29/h3-7,13-14,16,29H,8-12,15H2,1-2H3,(H,27,32)(H,30,31)(H2,23,24,25)/t16-,22?,36?/m1/s1. The van der Waals surface area contributed by atoms with Gasteiger partial charge in [-0.1, -0.05) is 18.2 Å². The summed E-state index contributed by atoms with van der Waals surface area (Å²) >= 11 is 0. The van der Waals surface area contributed by atoms with Crippen LogP contribution in [0.2, 0.25) is 0 Å². The summed E-state index contributed by atoms with van der Waals surface area (Å²) in [5.74, 6) is -0.683. The largest absolute Gasteiger partial charge is 0.480 e. The van der Waals surface area contributed by atoms with E-state index in [1.807, 2.05) is 0 Å². The Morgan fingerprint density at radius 3 is 2.69 bits per heavy atom. The zero-order valence-electron chi connectivity index (χ0n) is 20.1. The zero-order chi connectivity index (χ0) is 26.2. The van der Waals surface area contributed by atoms with E-state index < -0.39 is 31.5 Å². The van der Waals surface area contributed by atoms with Gasteiger partial charge >= 0.3 is 13.5 Å². The number of nitrogen functional groups attached to an aromatic ring is 1. The molecule has 2 heterocycles. The number of fused-ring (bicyclic) bond motifs is 1. The van der Waals surface area contributed by atoms with E-state index in [0.717, 1.165) is 0 Å². The van der Waals surface area contributed by atoms with Crippen LogP contribution in [0.3, 0.4) is 0 Å². The van der Waals surface area contributed by atoms with Crippen molar-refractivity contribution in [2.45, 2.75) is 38.5 Å². The Bertz CT molecular complexity index is 1190. The molecule has 5 N–H and O–H groups in total. The predicted octanol–water partition coefficient (Wildman–Crippen LogP) is 1.88. The Kier molecular flexibility index (Phi) is 9.35. The number of nitrogens with zero attached hydrogens (tertiary/aromatic N) is 4. The molecule has 36 heavy (non-hydrogen) atoms. The van der Waals surface area contributed by atoms with Crippen molar-refractivity contribution in [3.8, 4) is 5.75 Å². The minimum absolute atomic E-state index is 0.0254. The van der Waals surface area contributed by atoms with Crippen LogP contribution in [0.4, 0.5) is 5.82 Å². The summed E-state index contributed by atoms with van der Waals surface area (Å²) in [7, 11) is -3.90. The summed E-state index contributed by atoms with van der Waals surface area (Å²) in [6.07, 6.45) is 1.98. The predicted molar refractivity (Wildman–Crippen MR) is 132 cm³/mol. The summed E-state index contributed by atoms with van der Waals surface area (Å²) in [5.41, 5.74) is 5.18. The second kappa shape index (κ2) is 12.2. The molecule has 0 spiro atoms. The molecule has 0 fully saturated rings. The van der Waals surface area contributed by atoms with Crippen LogP contribution >= 0.6 is 7.52 Å². The number of hydrogen-bond donors (Lipinski definition) is 4. The third-order valence-electron chi connectivity index (χ3n) is 5.28. The number of aliphatic hydroxyl groups excluding tert-OH is 1. The number of ether oxygens (including phenoxy) is 2. The number of carboxylic acids is 1. The normalized spacial score (nSPS) is 15.8. The topological polar surface area (TPSA) is 184 Å². The number of aliphatic hydroxyl groups is 1. The molecular weight excluding hydrogens is 491 g/mol. The van der Waals surface area contributed by atoms with E-state index in [1.54, 1.807) is 48.1 Å². The quantitative estimate of drug-likeness (QED) is 0.168. The lowest BCUT2D eigenvalue weighted by Crippen LogP contribution is -2.49. The summed E-state index contributed by atoms with van der Waals surface area (Å²) in [5, 5.41) is 21.5. The molecule has 0 radical (unpaired) electrons. The molecule has 1 aromatic carbocycles. The number of aliphatic carboxylic acids is 1. The maximum absolute atomic E-state index is 13.9. The van der Waals surface area contributed by atoms with Crippen molar-refractivity contribution in [3.05, 3.63) is 43.0 Å². The fraction of sp³-hybridized carbons (Fsp3) is 0.455. The van der Waals surface area contributed by atoms with Crippen LogP contribution in [0.25, 0.3) is 11.2 Å². The SMILES string of the molecule is C[C@H](Cn1cnc2c(N)ncnc21)OCP(=O)(NC(C)(CCOCCO)C(=O)O)Oc1ccccc1. The lowest BCUT2D eigenvalue weighted by molar-refractivity contribution is -0.144. The minimum Gasteiger partial charge on any atom is -0.480 e. The first kappa shape index (κ1) is 27.5. The van der Waals surface area contributed by atoms with Crippen LogP contribution in [0.15, 0.2) is 43.0 Å². The summed E-state index contributed by atoms with van der Waals surface area (Å²) < 4.78 is 32.5. The van der Waals surface area contributed by atoms with Crippen molar-refractivity contribution < 1.29 is 33.6 Å². The van der Waals surface area contributed by atoms with Gasteiger partial charge in [-0.25, -0.2) is 20.0 Å². The first-order valence-corrected chi connectivity index (χ1v) is 13.0.